The second-order valence-corrected chi connectivity index (χ2v) is 1.89. The summed E-state index contributed by atoms with van der Waals surface area (Å²) in [7, 11) is 0. The van der Waals surface area contributed by atoms with Gasteiger partial charge in [-0.2, -0.15) is 0 Å². The van der Waals surface area contributed by atoms with Gasteiger partial charge < -0.3 is 4.74 Å². The highest BCUT2D eigenvalue weighted by molar-refractivity contribution is 5.36. The fourth-order valence-corrected chi connectivity index (χ4v) is 0.770. The van der Waals surface area contributed by atoms with Crippen LogP contribution in [0.25, 0.3) is 0 Å². The average molecular weight is 122 g/mol. The molecule has 1 heterocycles. The van der Waals surface area contributed by atoms with E-state index in [2.05, 4.69) is 6.58 Å². The largest absolute Gasteiger partial charge is 0.490 e. The molecule has 9 heavy (non-hydrogen) atoms. The molecule has 0 saturated heterocycles. The van der Waals surface area contributed by atoms with Crippen molar-refractivity contribution in [2.24, 2.45) is 0 Å². The van der Waals surface area contributed by atoms with Crippen molar-refractivity contribution in [3.63, 3.8) is 0 Å². The average Bonchev–Trinajstić information content (AvgIpc) is 2.18. The summed E-state index contributed by atoms with van der Waals surface area (Å²) >= 11 is 0. The molecule has 0 aromatic rings. The monoisotopic (exact) mass is 122 g/mol. The Labute approximate surface area is 55.3 Å². The lowest BCUT2D eigenvalue weighted by atomic mass is 10.2. The molecule has 0 aromatic carbocycles. The number of ether oxygens (including phenoxy) is 1. The van der Waals surface area contributed by atoms with E-state index in [1.807, 2.05) is 25.2 Å². The Morgan fingerprint density at radius 1 is 1.78 bits per heavy atom. The molecule has 1 nitrogen and oxygen atoms in total. The van der Waals surface area contributed by atoms with Crippen LogP contribution in [0.3, 0.4) is 0 Å². The molecule has 0 N–H and O–H groups in total. The van der Waals surface area contributed by atoms with Crippen LogP contribution in [0.15, 0.2) is 36.1 Å². The highest BCUT2D eigenvalue weighted by Crippen LogP contribution is 2.16. The highest BCUT2D eigenvalue weighted by atomic mass is 16.5. The van der Waals surface area contributed by atoms with E-state index < -0.39 is 0 Å². The minimum Gasteiger partial charge on any atom is -0.490 e. The van der Waals surface area contributed by atoms with Gasteiger partial charge in [0.2, 0.25) is 0 Å². The molecule has 0 aliphatic carbocycles. The number of hydrogen-bond donors (Lipinski definition) is 0. The third-order valence-corrected chi connectivity index (χ3v) is 1.23. The molecule has 1 rings (SSSR count). The minimum absolute atomic E-state index is 0.679. The smallest absolute Gasteiger partial charge is 0.119 e. The van der Waals surface area contributed by atoms with Gasteiger partial charge in [-0.25, -0.2) is 0 Å². The van der Waals surface area contributed by atoms with Gasteiger partial charge in [0, 0.05) is 5.57 Å². The summed E-state index contributed by atoms with van der Waals surface area (Å²) in [5, 5.41) is 0. The maximum atomic E-state index is 5.08. The number of allylic oxidation sites excluding steroid dienone is 2. The Bertz CT molecular complexity index is 175. The predicted octanol–water partition coefficient (Wildman–Crippen LogP) is 2.03. The van der Waals surface area contributed by atoms with Crippen molar-refractivity contribution >= 4 is 0 Å². The molecule has 0 aromatic heterocycles. The molecule has 0 radical (unpaired) electrons. The maximum Gasteiger partial charge on any atom is 0.119 e. The SMILES string of the molecule is C=C1OCC=C1/C=C/C. The second-order valence-electron chi connectivity index (χ2n) is 1.89. The fraction of sp³-hybridized carbons (Fsp3) is 0.250. The van der Waals surface area contributed by atoms with E-state index in [9.17, 15) is 0 Å². The lowest BCUT2D eigenvalue weighted by Gasteiger charge is -1.95. The summed E-state index contributed by atoms with van der Waals surface area (Å²) in [5.41, 5.74) is 1.11. The van der Waals surface area contributed by atoms with Crippen LogP contribution < -0.4 is 0 Å². The lowest BCUT2D eigenvalue weighted by Crippen LogP contribution is -1.79. The summed E-state index contributed by atoms with van der Waals surface area (Å²) in [6.07, 6.45) is 5.99. The van der Waals surface area contributed by atoms with Gasteiger partial charge in [0.15, 0.2) is 0 Å². The van der Waals surface area contributed by atoms with Gasteiger partial charge in [0.25, 0.3) is 0 Å². The van der Waals surface area contributed by atoms with Crippen LogP contribution in [-0.2, 0) is 4.74 Å². The van der Waals surface area contributed by atoms with E-state index in [1.165, 1.54) is 0 Å². The molecular formula is C8H10O. The van der Waals surface area contributed by atoms with Gasteiger partial charge in [-0.3, -0.25) is 0 Å². The van der Waals surface area contributed by atoms with Gasteiger partial charge in [-0.05, 0) is 13.0 Å². The van der Waals surface area contributed by atoms with Gasteiger partial charge in [-0.1, -0.05) is 18.7 Å². The zero-order valence-electron chi connectivity index (χ0n) is 5.55. The van der Waals surface area contributed by atoms with E-state index in [0.717, 1.165) is 11.3 Å². The molecule has 0 saturated carbocycles. The van der Waals surface area contributed by atoms with Crippen molar-refractivity contribution in [1.82, 2.24) is 0 Å². The van der Waals surface area contributed by atoms with E-state index in [4.69, 9.17) is 4.74 Å². The quantitative estimate of drug-likeness (QED) is 0.517. The molecule has 0 fully saturated rings. The van der Waals surface area contributed by atoms with Crippen molar-refractivity contribution in [2.75, 3.05) is 6.61 Å². The first kappa shape index (κ1) is 6.14. The molecule has 1 heteroatoms. The first-order valence-corrected chi connectivity index (χ1v) is 2.99. The summed E-state index contributed by atoms with van der Waals surface area (Å²) in [6.45, 7) is 6.37. The molecule has 1 aliphatic heterocycles. The van der Waals surface area contributed by atoms with Crippen LogP contribution in [-0.4, -0.2) is 6.61 Å². The topological polar surface area (TPSA) is 9.23 Å². The van der Waals surface area contributed by atoms with Crippen LogP contribution in [0.2, 0.25) is 0 Å². The lowest BCUT2D eigenvalue weighted by molar-refractivity contribution is 0.278. The normalized spacial score (nSPS) is 18.3. The molecule has 0 spiro atoms. The van der Waals surface area contributed by atoms with Crippen molar-refractivity contribution in [3.8, 4) is 0 Å². The van der Waals surface area contributed by atoms with Crippen LogP contribution in [0, 0.1) is 0 Å². The highest BCUT2D eigenvalue weighted by Gasteiger charge is 2.04. The molecular weight excluding hydrogens is 112 g/mol. The Balaban J connectivity index is 2.68. The van der Waals surface area contributed by atoms with Crippen LogP contribution in [0.1, 0.15) is 6.92 Å². The Morgan fingerprint density at radius 2 is 2.56 bits per heavy atom. The van der Waals surface area contributed by atoms with E-state index >= 15 is 0 Å². The molecule has 0 bridgehead atoms. The van der Waals surface area contributed by atoms with Crippen LogP contribution >= 0.6 is 0 Å². The third-order valence-electron chi connectivity index (χ3n) is 1.23. The predicted molar refractivity (Wildman–Crippen MR) is 38.0 cm³/mol. The Morgan fingerprint density at radius 3 is 3.00 bits per heavy atom. The molecule has 0 amide bonds. The Kier molecular flexibility index (Phi) is 1.73. The minimum atomic E-state index is 0.679. The summed E-state index contributed by atoms with van der Waals surface area (Å²) in [4.78, 5) is 0. The summed E-state index contributed by atoms with van der Waals surface area (Å²) in [5.74, 6) is 0.785. The fourth-order valence-electron chi connectivity index (χ4n) is 0.770. The first-order valence-electron chi connectivity index (χ1n) is 2.99. The zero-order valence-corrected chi connectivity index (χ0v) is 5.55. The van der Waals surface area contributed by atoms with Crippen molar-refractivity contribution in [1.29, 1.82) is 0 Å². The Hall–Kier alpha value is -0.980. The number of rotatable bonds is 1. The van der Waals surface area contributed by atoms with E-state index in [0.29, 0.717) is 6.61 Å². The molecule has 0 atom stereocenters. The van der Waals surface area contributed by atoms with Crippen molar-refractivity contribution in [3.05, 3.63) is 36.1 Å². The summed E-state index contributed by atoms with van der Waals surface area (Å²) < 4.78 is 5.08. The molecule has 1 aliphatic rings. The number of hydrogen-bond acceptors (Lipinski definition) is 1. The third kappa shape index (κ3) is 1.22. The molecule has 0 unspecified atom stereocenters. The van der Waals surface area contributed by atoms with E-state index in [1.54, 1.807) is 0 Å². The van der Waals surface area contributed by atoms with Crippen LogP contribution in [0.4, 0.5) is 0 Å². The van der Waals surface area contributed by atoms with Crippen molar-refractivity contribution in [2.45, 2.75) is 6.92 Å². The standard InChI is InChI=1S/C8H10O/c1-3-4-8-5-6-9-7(8)2/h3-5H,2,6H2,1H3/b4-3+. The van der Waals surface area contributed by atoms with Gasteiger partial charge >= 0.3 is 0 Å². The summed E-state index contributed by atoms with van der Waals surface area (Å²) in [6, 6.07) is 0. The van der Waals surface area contributed by atoms with Gasteiger partial charge in [-0.15, -0.1) is 0 Å². The maximum absolute atomic E-state index is 5.08. The second kappa shape index (κ2) is 2.53. The van der Waals surface area contributed by atoms with E-state index in [-0.39, 0.29) is 0 Å². The zero-order chi connectivity index (χ0) is 6.69. The molecule has 48 valence electrons. The first-order chi connectivity index (χ1) is 4.34. The van der Waals surface area contributed by atoms with Gasteiger partial charge in [0.1, 0.15) is 12.4 Å². The van der Waals surface area contributed by atoms with Crippen molar-refractivity contribution < 1.29 is 4.74 Å². The van der Waals surface area contributed by atoms with Crippen LogP contribution in [0.5, 0.6) is 0 Å². The van der Waals surface area contributed by atoms with Gasteiger partial charge in [0.05, 0.1) is 0 Å².